The number of hydrogen-bond acceptors (Lipinski definition) is 5. The first-order valence-corrected chi connectivity index (χ1v) is 10.2. The summed E-state index contributed by atoms with van der Waals surface area (Å²) < 4.78 is 5.51. The molecule has 166 valence electrons. The minimum Gasteiger partial charge on any atom is -0.458 e. The van der Waals surface area contributed by atoms with Crippen molar-refractivity contribution < 1.29 is 14.3 Å². The monoisotopic (exact) mass is 453 g/mol. The Labute approximate surface area is 190 Å². The maximum atomic E-state index is 13.1. The molecule has 0 saturated heterocycles. The number of aliphatic imine (C=N–C) groups is 1. The maximum Gasteiger partial charge on any atom is 0.333 e. The van der Waals surface area contributed by atoms with Crippen molar-refractivity contribution in [3.63, 3.8) is 0 Å². The lowest BCUT2D eigenvalue weighted by Crippen LogP contribution is -2.38. The zero-order valence-corrected chi connectivity index (χ0v) is 18.7. The summed E-state index contributed by atoms with van der Waals surface area (Å²) in [5.41, 5.74) is 11.1. The molecule has 0 aliphatic heterocycles. The van der Waals surface area contributed by atoms with Crippen molar-refractivity contribution in [2.24, 2.45) is 16.5 Å². The van der Waals surface area contributed by atoms with Crippen molar-refractivity contribution in [2.75, 3.05) is 0 Å². The molecule has 0 radical (unpaired) electrons. The molecule has 0 spiro atoms. The lowest BCUT2D eigenvalue weighted by atomic mass is 10.0. The molecule has 3 aromatic rings. The second kappa shape index (κ2) is 9.23. The standard InChI is InChI=1S/C23H24ClN5O3/c1-23(2,3)32-21(31)18(13-7-5-4-6-8-13)28-20(30)14-9-10-15-16(11-14)19(29-22(25)26)27-12-17(15)24/h4-12,18H,1-3H3,(H,28,30)(H4,25,26,27,29)/t18-/m0/s1. The SMILES string of the molecule is CC(C)(C)OC(=O)[C@@H](NC(=O)c1ccc2c(Cl)cnc(N=C(N)N)c2c1)c1ccccc1. The number of pyridine rings is 1. The number of carbonyl (C=O) groups excluding carboxylic acids is 2. The predicted octanol–water partition coefficient (Wildman–Crippen LogP) is 3.61. The smallest absolute Gasteiger partial charge is 0.333 e. The van der Waals surface area contributed by atoms with Gasteiger partial charge in [0.05, 0.1) is 5.02 Å². The van der Waals surface area contributed by atoms with Crippen LogP contribution in [0.2, 0.25) is 5.02 Å². The average molecular weight is 454 g/mol. The number of carbonyl (C=O) groups is 2. The Bertz CT molecular complexity index is 1190. The van der Waals surface area contributed by atoms with Gasteiger partial charge in [-0.1, -0.05) is 48.0 Å². The normalized spacial score (nSPS) is 12.1. The molecule has 0 aliphatic carbocycles. The second-order valence-electron chi connectivity index (χ2n) is 8.08. The summed E-state index contributed by atoms with van der Waals surface area (Å²) in [7, 11) is 0. The van der Waals surface area contributed by atoms with E-state index < -0.39 is 23.5 Å². The van der Waals surface area contributed by atoms with Crippen LogP contribution in [-0.4, -0.2) is 28.4 Å². The highest BCUT2D eigenvalue weighted by Crippen LogP contribution is 2.30. The molecule has 0 aliphatic rings. The predicted molar refractivity (Wildman–Crippen MR) is 125 cm³/mol. The van der Waals surface area contributed by atoms with Gasteiger partial charge in [0.25, 0.3) is 5.91 Å². The molecule has 0 bridgehead atoms. The van der Waals surface area contributed by atoms with Crippen LogP contribution in [0.1, 0.15) is 42.7 Å². The minimum absolute atomic E-state index is 0.176. The number of esters is 1. The summed E-state index contributed by atoms with van der Waals surface area (Å²) in [5, 5.41) is 4.27. The van der Waals surface area contributed by atoms with E-state index in [2.05, 4.69) is 15.3 Å². The van der Waals surface area contributed by atoms with Crippen LogP contribution in [0.15, 0.2) is 59.7 Å². The van der Waals surface area contributed by atoms with Crippen LogP contribution in [-0.2, 0) is 9.53 Å². The first-order valence-electron chi connectivity index (χ1n) is 9.82. The number of hydrogen-bond donors (Lipinski definition) is 3. The number of nitrogens with two attached hydrogens (primary N) is 2. The fourth-order valence-corrected chi connectivity index (χ4v) is 3.26. The fraction of sp³-hybridized carbons (Fsp3) is 0.217. The van der Waals surface area contributed by atoms with Gasteiger partial charge in [-0.2, -0.15) is 4.99 Å². The molecule has 1 amide bonds. The van der Waals surface area contributed by atoms with E-state index in [-0.39, 0.29) is 17.3 Å². The number of ether oxygens (including phenoxy) is 1. The van der Waals surface area contributed by atoms with Crippen molar-refractivity contribution in [3.05, 3.63) is 70.9 Å². The third kappa shape index (κ3) is 5.53. The van der Waals surface area contributed by atoms with Gasteiger partial charge in [-0.3, -0.25) is 4.79 Å². The molecular formula is C23H24ClN5O3. The lowest BCUT2D eigenvalue weighted by molar-refractivity contribution is -0.157. The zero-order chi connectivity index (χ0) is 23.5. The van der Waals surface area contributed by atoms with Gasteiger partial charge in [0.2, 0.25) is 0 Å². The Morgan fingerprint density at radius 2 is 1.78 bits per heavy atom. The Balaban J connectivity index is 1.99. The number of aromatic nitrogens is 1. The van der Waals surface area contributed by atoms with Crippen LogP contribution < -0.4 is 16.8 Å². The third-order valence-corrected chi connectivity index (χ3v) is 4.67. The first-order chi connectivity index (χ1) is 15.0. The molecule has 0 unspecified atom stereocenters. The minimum atomic E-state index is -0.992. The van der Waals surface area contributed by atoms with Crippen molar-refractivity contribution in [1.82, 2.24) is 10.3 Å². The Morgan fingerprint density at radius 3 is 2.41 bits per heavy atom. The van der Waals surface area contributed by atoms with Gasteiger partial charge in [-0.05, 0) is 38.5 Å². The molecule has 2 aromatic carbocycles. The molecule has 0 saturated carbocycles. The van der Waals surface area contributed by atoms with Crippen molar-refractivity contribution in [3.8, 4) is 0 Å². The van der Waals surface area contributed by atoms with Crippen molar-refractivity contribution >= 4 is 46.0 Å². The molecule has 1 atom stereocenters. The lowest BCUT2D eigenvalue weighted by Gasteiger charge is -2.25. The van der Waals surface area contributed by atoms with E-state index in [0.717, 1.165) is 0 Å². The number of halogens is 1. The average Bonchev–Trinajstić information content (AvgIpc) is 2.72. The Hall–Kier alpha value is -3.65. The summed E-state index contributed by atoms with van der Waals surface area (Å²) >= 11 is 6.23. The van der Waals surface area contributed by atoms with Crippen LogP contribution in [0, 0.1) is 0 Å². The van der Waals surface area contributed by atoms with Crippen molar-refractivity contribution in [1.29, 1.82) is 0 Å². The Morgan fingerprint density at radius 1 is 1.09 bits per heavy atom. The molecule has 8 nitrogen and oxygen atoms in total. The van der Waals surface area contributed by atoms with Gasteiger partial charge in [0, 0.05) is 22.5 Å². The number of guanidine groups is 1. The van der Waals surface area contributed by atoms with Gasteiger partial charge in [0.1, 0.15) is 5.60 Å². The van der Waals surface area contributed by atoms with Gasteiger partial charge >= 0.3 is 5.97 Å². The van der Waals surface area contributed by atoms with Crippen LogP contribution in [0.5, 0.6) is 0 Å². The molecule has 1 aromatic heterocycles. The molecule has 5 N–H and O–H groups in total. The van der Waals surface area contributed by atoms with E-state index >= 15 is 0 Å². The first kappa shape index (κ1) is 23.0. The highest BCUT2D eigenvalue weighted by Gasteiger charge is 2.28. The van der Waals surface area contributed by atoms with Crippen molar-refractivity contribution in [2.45, 2.75) is 32.4 Å². The number of rotatable bonds is 5. The zero-order valence-electron chi connectivity index (χ0n) is 17.9. The number of nitrogens with one attached hydrogen (secondary N) is 1. The maximum absolute atomic E-state index is 13.1. The number of fused-ring (bicyclic) bond motifs is 1. The summed E-state index contributed by atoms with van der Waals surface area (Å²) in [6, 6.07) is 12.7. The second-order valence-corrected chi connectivity index (χ2v) is 8.48. The molecular weight excluding hydrogens is 430 g/mol. The molecule has 0 fully saturated rings. The van der Waals surface area contributed by atoms with E-state index in [4.69, 9.17) is 27.8 Å². The molecule has 3 rings (SSSR count). The Kier molecular flexibility index (Phi) is 6.64. The van der Waals surface area contributed by atoms with Crippen LogP contribution in [0.4, 0.5) is 5.82 Å². The number of amides is 1. The fourth-order valence-electron chi connectivity index (χ4n) is 3.05. The van der Waals surface area contributed by atoms with Gasteiger partial charge < -0.3 is 21.5 Å². The summed E-state index contributed by atoms with van der Waals surface area (Å²) in [5.74, 6) is -0.998. The van der Waals surface area contributed by atoms with Gasteiger partial charge in [0.15, 0.2) is 17.8 Å². The van der Waals surface area contributed by atoms with E-state index in [1.807, 2.05) is 6.07 Å². The van der Waals surface area contributed by atoms with Gasteiger partial charge in [-0.25, -0.2) is 9.78 Å². The summed E-state index contributed by atoms with van der Waals surface area (Å²) in [4.78, 5) is 34.1. The topological polar surface area (TPSA) is 133 Å². The number of benzene rings is 2. The largest absolute Gasteiger partial charge is 0.458 e. The van der Waals surface area contributed by atoms with E-state index in [1.54, 1.807) is 63.2 Å². The van der Waals surface area contributed by atoms with E-state index in [1.165, 1.54) is 6.20 Å². The summed E-state index contributed by atoms with van der Waals surface area (Å²) in [6.45, 7) is 5.29. The van der Waals surface area contributed by atoms with Crippen LogP contribution in [0.3, 0.4) is 0 Å². The van der Waals surface area contributed by atoms with Gasteiger partial charge in [-0.15, -0.1) is 0 Å². The third-order valence-electron chi connectivity index (χ3n) is 4.37. The molecule has 32 heavy (non-hydrogen) atoms. The van der Waals surface area contributed by atoms with Crippen LogP contribution >= 0.6 is 11.6 Å². The quantitative estimate of drug-likeness (QED) is 0.307. The van der Waals surface area contributed by atoms with E-state index in [9.17, 15) is 9.59 Å². The highest BCUT2D eigenvalue weighted by molar-refractivity contribution is 6.35. The number of nitrogens with zero attached hydrogens (tertiary/aromatic N) is 2. The van der Waals surface area contributed by atoms with E-state index in [0.29, 0.717) is 21.4 Å². The molecule has 9 heteroatoms. The van der Waals surface area contributed by atoms with Crippen LogP contribution in [0.25, 0.3) is 10.8 Å². The summed E-state index contributed by atoms with van der Waals surface area (Å²) in [6.07, 6.45) is 1.43. The highest BCUT2D eigenvalue weighted by atomic mass is 35.5. The molecule has 1 heterocycles.